The number of hydrogen-bond acceptors (Lipinski definition) is 3. The lowest BCUT2D eigenvalue weighted by Crippen LogP contribution is -2.34. The summed E-state index contributed by atoms with van der Waals surface area (Å²) in [6.07, 6.45) is 1.85. The minimum atomic E-state index is -0.506. The van der Waals surface area contributed by atoms with Crippen LogP contribution in [0.2, 0.25) is 0 Å². The monoisotopic (exact) mass is 211 g/mol. The van der Waals surface area contributed by atoms with Gasteiger partial charge in [-0.3, -0.25) is 0 Å². The Balaban J connectivity index is 2.03. The molecule has 1 saturated heterocycles. The third kappa shape index (κ3) is 2.59. The van der Waals surface area contributed by atoms with Crippen LogP contribution in [-0.4, -0.2) is 24.3 Å². The standard InChI is InChI=1S/C11H14FNO2/c12-10-7-8(14)1-2-11(10)15-9-3-5-13-6-4-9/h1-2,7,9,13-14H,3-6H2. The zero-order valence-electron chi connectivity index (χ0n) is 8.37. The molecule has 0 aliphatic carbocycles. The van der Waals surface area contributed by atoms with Gasteiger partial charge in [0.05, 0.1) is 0 Å². The first-order valence-electron chi connectivity index (χ1n) is 5.11. The smallest absolute Gasteiger partial charge is 0.168 e. The lowest BCUT2D eigenvalue weighted by Gasteiger charge is -2.23. The van der Waals surface area contributed by atoms with Crippen molar-refractivity contribution in [3.8, 4) is 11.5 Å². The van der Waals surface area contributed by atoms with E-state index in [1.807, 2.05) is 0 Å². The van der Waals surface area contributed by atoms with Crippen molar-refractivity contribution in [2.75, 3.05) is 13.1 Å². The lowest BCUT2D eigenvalue weighted by molar-refractivity contribution is 0.155. The van der Waals surface area contributed by atoms with E-state index in [0.717, 1.165) is 32.0 Å². The summed E-state index contributed by atoms with van der Waals surface area (Å²) < 4.78 is 18.8. The highest BCUT2D eigenvalue weighted by Crippen LogP contribution is 2.24. The summed E-state index contributed by atoms with van der Waals surface area (Å²) in [5.41, 5.74) is 0. The summed E-state index contributed by atoms with van der Waals surface area (Å²) in [6.45, 7) is 1.81. The number of rotatable bonds is 2. The number of phenols is 1. The molecule has 1 fully saturated rings. The molecule has 82 valence electrons. The van der Waals surface area contributed by atoms with Gasteiger partial charge in [-0.15, -0.1) is 0 Å². The minimum absolute atomic E-state index is 0.0743. The van der Waals surface area contributed by atoms with Crippen molar-refractivity contribution >= 4 is 0 Å². The molecule has 0 radical (unpaired) electrons. The van der Waals surface area contributed by atoms with Gasteiger partial charge < -0.3 is 15.2 Å². The van der Waals surface area contributed by atoms with Crippen molar-refractivity contribution in [3.63, 3.8) is 0 Å². The molecule has 0 bridgehead atoms. The summed E-state index contributed by atoms with van der Waals surface area (Å²) in [6, 6.07) is 3.96. The Hall–Kier alpha value is -1.29. The van der Waals surface area contributed by atoms with E-state index in [9.17, 15) is 4.39 Å². The van der Waals surface area contributed by atoms with Gasteiger partial charge in [0.15, 0.2) is 11.6 Å². The molecule has 1 aliphatic heterocycles. The number of nitrogens with one attached hydrogen (secondary N) is 1. The highest BCUT2D eigenvalue weighted by Gasteiger charge is 2.16. The fourth-order valence-corrected chi connectivity index (χ4v) is 1.68. The van der Waals surface area contributed by atoms with Crippen LogP contribution in [-0.2, 0) is 0 Å². The molecule has 0 amide bonds. The molecule has 3 nitrogen and oxygen atoms in total. The molecule has 2 N–H and O–H groups in total. The maximum Gasteiger partial charge on any atom is 0.168 e. The quantitative estimate of drug-likeness (QED) is 0.781. The van der Waals surface area contributed by atoms with E-state index < -0.39 is 5.82 Å². The molecule has 15 heavy (non-hydrogen) atoms. The Morgan fingerprint density at radius 2 is 2.07 bits per heavy atom. The molecule has 1 aliphatic rings. The van der Waals surface area contributed by atoms with Crippen LogP contribution in [0.15, 0.2) is 18.2 Å². The molecular formula is C11H14FNO2. The van der Waals surface area contributed by atoms with E-state index in [4.69, 9.17) is 9.84 Å². The van der Waals surface area contributed by atoms with Crippen molar-refractivity contribution in [1.29, 1.82) is 0 Å². The molecule has 0 atom stereocenters. The molecule has 1 heterocycles. The molecule has 0 unspecified atom stereocenters. The Bertz CT molecular complexity index is 337. The number of hydrogen-bond donors (Lipinski definition) is 2. The number of benzene rings is 1. The Morgan fingerprint density at radius 3 is 2.73 bits per heavy atom. The van der Waals surface area contributed by atoms with Crippen molar-refractivity contribution in [3.05, 3.63) is 24.0 Å². The third-order valence-corrected chi connectivity index (χ3v) is 2.50. The number of aromatic hydroxyl groups is 1. The molecule has 0 saturated carbocycles. The maximum atomic E-state index is 13.3. The summed E-state index contributed by atoms with van der Waals surface area (Å²) in [5.74, 6) is -0.363. The molecule has 2 rings (SSSR count). The Labute approximate surface area is 87.9 Å². The van der Waals surface area contributed by atoms with Crippen molar-refractivity contribution in [1.82, 2.24) is 5.32 Å². The molecular weight excluding hydrogens is 197 g/mol. The van der Waals surface area contributed by atoms with E-state index in [1.54, 1.807) is 0 Å². The average molecular weight is 211 g/mol. The topological polar surface area (TPSA) is 41.5 Å². The second-order valence-corrected chi connectivity index (χ2v) is 3.68. The third-order valence-electron chi connectivity index (χ3n) is 2.50. The zero-order valence-corrected chi connectivity index (χ0v) is 8.37. The largest absolute Gasteiger partial charge is 0.508 e. The number of halogens is 1. The normalized spacial score (nSPS) is 17.7. The van der Waals surface area contributed by atoms with Crippen LogP contribution in [0.1, 0.15) is 12.8 Å². The van der Waals surface area contributed by atoms with Gasteiger partial charge >= 0.3 is 0 Å². The highest BCUT2D eigenvalue weighted by atomic mass is 19.1. The van der Waals surface area contributed by atoms with Crippen LogP contribution in [0.5, 0.6) is 11.5 Å². The average Bonchev–Trinajstić information content (AvgIpc) is 2.24. The van der Waals surface area contributed by atoms with Gasteiger partial charge in [-0.25, -0.2) is 4.39 Å². The molecule has 1 aromatic carbocycles. The number of phenolic OH excluding ortho intramolecular Hbond substituents is 1. The molecule has 0 spiro atoms. The SMILES string of the molecule is Oc1ccc(OC2CCNCC2)c(F)c1. The van der Waals surface area contributed by atoms with Crippen LogP contribution < -0.4 is 10.1 Å². The van der Waals surface area contributed by atoms with E-state index >= 15 is 0 Å². The predicted octanol–water partition coefficient (Wildman–Crippen LogP) is 1.66. The molecule has 4 heteroatoms. The van der Waals surface area contributed by atoms with Gasteiger partial charge in [0.25, 0.3) is 0 Å². The van der Waals surface area contributed by atoms with Gasteiger partial charge in [0, 0.05) is 6.07 Å². The van der Waals surface area contributed by atoms with Crippen molar-refractivity contribution < 1.29 is 14.2 Å². The van der Waals surface area contributed by atoms with Crippen LogP contribution >= 0.6 is 0 Å². The Kier molecular flexibility index (Phi) is 3.06. The van der Waals surface area contributed by atoms with E-state index in [2.05, 4.69) is 5.32 Å². The number of ether oxygens (including phenoxy) is 1. The van der Waals surface area contributed by atoms with Crippen molar-refractivity contribution in [2.45, 2.75) is 18.9 Å². The van der Waals surface area contributed by atoms with Gasteiger partial charge in [-0.05, 0) is 38.1 Å². The summed E-state index contributed by atoms with van der Waals surface area (Å²) >= 11 is 0. The van der Waals surface area contributed by atoms with Gasteiger partial charge in [-0.2, -0.15) is 0 Å². The van der Waals surface area contributed by atoms with Gasteiger partial charge in [0.1, 0.15) is 11.9 Å². The van der Waals surface area contributed by atoms with Crippen LogP contribution in [0.3, 0.4) is 0 Å². The second-order valence-electron chi connectivity index (χ2n) is 3.68. The second kappa shape index (κ2) is 4.49. The summed E-state index contributed by atoms with van der Waals surface area (Å²) in [7, 11) is 0. The van der Waals surface area contributed by atoms with E-state index in [-0.39, 0.29) is 17.6 Å². The molecule has 0 aromatic heterocycles. The Morgan fingerprint density at radius 1 is 1.33 bits per heavy atom. The first-order valence-corrected chi connectivity index (χ1v) is 5.11. The number of piperidine rings is 1. The summed E-state index contributed by atoms with van der Waals surface area (Å²) in [4.78, 5) is 0. The first kappa shape index (κ1) is 10.2. The van der Waals surface area contributed by atoms with Gasteiger partial charge in [-0.1, -0.05) is 0 Å². The maximum absolute atomic E-state index is 13.3. The van der Waals surface area contributed by atoms with E-state index in [0.29, 0.717) is 0 Å². The van der Waals surface area contributed by atoms with Crippen LogP contribution in [0.4, 0.5) is 4.39 Å². The fourth-order valence-electron chi connectivity index (χ4n) is 1.68. The highest BCUT2D eigenvalue weighted by molar-refractivity contribution is 5.32. The lowest BCUT2D eigenvalue weighted by atomic mass is 10.1. The first-order chi connectivity index (χ1) is 7.25. The predicted molar refractivity (Wildman–Crippen MR) is 54.6 cm³/mol. The van der Waals surface area contributed by atoms with Crippen LogP contribution in [0.25, 0.3) is 0 Å². The van der Waals surface area contributed by atoms with Crippen LogP contribution in [0, 0.1) is 5.82 Å². The van der Waals surface area contributed by atoms with E-state index in [1.165, 1.54) is 12.1 Å². The molecule has 1 aromatic rings. The van der Waals surface area contributed by atoms with Gasteiger partial charge in [0.2, 0.25) is 0 Å². The summed E-state index contributed by atoms with van der Waals surface area (Å²) in [5, 5.41) is 12.2. The zero-order chi connectivity index (χ0) is 10.7. The fraction of sp³-hybridized carbons (Fsp3) is 0.455. The minimum Gasteiger partial charge on any atom is -0.508 e. The van der Waals surface area contributed by atoms with Crippen molar-refractivity contribution in [2.24, 2.45) is 0 Å².